The molecule has 0 aliphatic rings. The van der Waals surface area contributed by atoms with Crippen LogP contribution in [0.15, 0.2) is 64.5 Å². The maximum atomic E-state index is 10.8. The standard InChI is InChI=1S/C18H17N5O2S/c1-12-20-10-13(18(19)22-12)11-21-16-4-2-3-5-17(16)26-15-8-6-14(7-9-15)23(24)25/h2-10,21H,11H2,1H3,(H2,19,20,22). The van der Waals surface area contributed by atoms with Crippen LogP contribution >= 0.6 is 11.8 Å². The number of anilines is 2. The van der Waals surface area contributed by atoms with Crippen molar-refractivity contribution in [3.8, 4) is 0 Å². The Balaban J connectivity index is 1.74. The first kappa shape index (κ1) is 17.7. The summed E-state index contributed by atoms with van der Waals surface area (Å²) in [5, 5.41) is 14.1. The van der Waals surface area contributed by atoms with Gasteiger partial charge in [-0.1, -0.05) is 23.9 Å². The number of nitrogen functional groups attached to an aromatic ring is 1. The molecular weight excluding hydrogens is 350 g/mol. The van der Waals surface area contributed by atoms with Gasteiger partial charge in [-0.15, -0.1) is 0 Å². The quantitative estimate of drug-likeness (QED) is 0.500. The Kier molecular flexibility index (Phi) is 5.33. The van der Waals surface area contributed by atoms with Gasteiger partial charge in [-0.3, -0.25) is 10.1 Å². The second kappa shape index (κ2) is 7.83. The number of hydrogen-bond donors (Lipinski definition) is 2. The lowest BCUT2D eigenvalue weighted by molar-refractivity contribution is -0.384. The van der Waals surface area contributed by atoms with Crippen LogP contribution in [0, 0.1) is 17.0 Å². The number of non-ortho nitro benzene ring substituents is 1. The van der Waals surface area contributed by atoms with E-state index in [1.165, 1.54) is 23.9 Å². The monoisotopic (exact) mass is 367 g/mol. The first-order valence-corrected chi connectivity index (χ1v) is 8.68. The summed E-state index contributed by atoms with van der Waals surface area (Å²) >= 11 is 1.53. The molecule has 0 aliphatic heterocycles. The third-order valence-corrected chi connectivity index (χ3v) is 4.73. The van der Waals surface area contributed by atoms with E-state index in [4.69, 9.17) is 5.73 Å². The van der Waals surface area contributed by atoms with Crippen molar-refractivity contribution in [2.75, 3.05) is 11.1 Å². The fourth-order valence-electron chi connectivity index (χ4n) is 2.30. The molecule has 3 rings (SSSR count). The van der Waals surface area contributed by atoms with Crippen LogP contribution in [0.3, 0.4) is 0 Å². The predicted molar refractivity (Wildman–Crippen MR) is 102 cm³/mol. The predicted octanol–water partition coefficient (Wildman–Crippen LogP) is 4.04. The highest BCUT2D eigenvalue weighted by Gasteiger charge is 2.08. The molecule has 8 heteroatoms. The van der Waals surface area contributed by atoms with Gasteiger partial charge in [0.1, 0.15) is 11.6 Å². The van der Waals surface area contributed by atoms with Crippen molar-refractivity contribution in [2.24, 2.45) is 0 Å². The average molecular weight is 367 g/mol. The Bertz CT molecular complexity index is 931. The van der Waals surface area contributed by atoms with Gasteiger partial charge in [0, 0.05) is 45.9 Å². The molecule has 0 radical (unpaired) electrons. The highest BCUT2D eigenvalue weighted by atomic mass is 32.2. The van der Waals surface area contributed by atoms with Crippen molar-refractivity contribution >= 4 is 29.0 Å². The van der Waals surface area contributed by atoms with Gasteiger partial charge in [0.25, 0.3) is 5.69 Å². The fraction of sp³-hybridized carbons (Fsp3) is 0.111. The van der Waals surface area contributed by atoms with Gasteiger partial charge >= 0.3 is 0 Å². The molecular formula is C18H17N5O2S. The summed E-state index contributed by atoms with van der Waals surface area (Å²) in [6.07, 6.45) is 1.72. The maximum absolute atomic E-state index is 10.8. The van der Waals surface area contributed by atoms with Crippen molar-refractivity contribution in [3.63, 3.8) is 0 Å². The number of nitro benzene ring substituents is 1. The highest BCUT2D eigenvalue weighted by Crippen LogP contribution is 2.34. The summed E-state index contributed by atoms with van der Waals surface area (Å²) < 4.78 is 0. The molecule has 0 amide bonds. The van der Waals surface area contributed by atoms with Crippen LogP contribution < -0.4 is 11.1 Å². The number of rotatable bonds is 6. The molecule has 0 atom stereocenters. The number of nitro groups is 1. The number of nitrogens with two attached hydrogens (primary N) is 1. The molecule has 3 aromatic rings. The van der Waals surface area contributed by atoms with Gasteiger partial charge in [-0.05, 0) is 31.2 Å². The third-order valence-electron chi connectivity index (χ3n) is 3.65. The molecule has 7 nitrogen and oxygen atoms in total. The lowest BCUT2D eigenvalue weighted by Gasteiger charge is -2.12. The molecule has 0 saturated carbocycles. The summed E-state index contributed by atoms with van der Waals surface area (Å²) in [5.74, 6) is 1.10. The van der Waals surface area contributed by atoms with E-state index in [1.54, 1.807) is 25.3 Å². The van der Waals surface area contributed by atoms with Gasteiger partial charge in [-0.25, -0.2) is 9.97 Å². The van der Waals surface area contributed by atoms with E-state index in [9.17, 15) is 10.1 Å². The number of benzene rings is 2. The van der Waals surface area contributed by atoms with Crippen LogP contribution in [0.2, 0.25) is 0 Å². The Hall–Kier alpha value is -3.13. The van der Waals surface area contributed by atoms with E-state index in [0.29, 0.717) is 18.2 Å². The molecule has 2 aromatic carbocycles. The zero-order valence-electron chi connectivity index (χ0n) is 14.0. The Morgan fingerprint density at radius 1 is 1.19 bits per heavy atom. The molecule has 26 heavy (non-hydrogen) atoms. The molecule has 1 aromatic heterocycles. The van der Waals surface area contributed by atoms with Crippen molar-refractivity contribution in [3.05, 3.63) is 76.2 Å². The SMILES string of the molecule is Cc1ncc(CNc2ccccc2Sc2ccc([N+](=O)[O-])cc2)c(N)n1. The number of aromatic nitrogens is 2. The van der Waals surface area contributed by atoms with Gasteiger partial charge in [0.2, 0.25) is 0 Å². The Morgan fingerprint density at radius 3 is 2.62 bits per heavy atom. The molecule has 0 saturated heterocycles. The molecule has 0 bridgehead atoms. The summed E-state index contributed by atoms with van der Waals surface area (Å²) in [6, 6.07) is 14.3. The van der Waals surface area contributed by atoms with Crippen LogP contribution in [0.5, 0.6) is 0 Å². The Morgan fingerprint density at radius 2 is 1.92 bits per heavy atom. The lowest BCUT2D eigenvalue weighted by atomic mass is 10.2. The zero-order valence-corrected chi connectivity index (χ0v) is 14.9. The molecule has 3 N–H and O–H groups in total. The van der Waals surface area contributed by atoms with Gasteiger partial charge in [0.15, 0.2) is 0 Å². The summed E-state index contributed by atoms with van der Waals surface area (Å²) in [4.78, 5) is 20.6. The minimum absolute atomic E-state index is 0.0793. The first-order valence-electron chi connectivity index (χ1n) is 7.86. The minimum Gasteiger partial charge on any atom is -0.383 e. The van der Waals surface area contributed by atoms with E-state index in [-0.39, 0.29) is 5.69 Å². The topological polar surface area (TPSA) is 107 Å². The number of para-hydroxylation sites is 1. The highest BCUT2D eigenvalue weighted by molar-refractivity contribution is 7.99. The zero-order chi connectivity index (χ0) is 18.5. The van der Waals surface area contributed by atoms with Crippen molar-refractivity contribution < 1.29 is 4.92 Å². The first-order chi connectivity index (χ1) is 12.5. The second-order valence-electron chi connectivity index (χ2n) is 5.53. The van der Waals surface area contributed by atoms with Crippen LogP contribution in [0.25, 0.3) is 0 Å². The molecule has 0 spiro atoms. The van der Waals surface area contributed by atoms with Crippen molar-refractivity contribution in [2.45, 2.75) is 23.3 Å². The fourth-order valence-corrected chi connectivity index (χ4v) is 3.23. The van der Waals surface area contributed by atoms with E-state index >= 15 is 0 Å². The molecule has 0 aliphatic carbocycles. The van der Waals surface area contributed by atoms with Crippen molar-refractivity contribution in [1.82, 2.24) is 9.97 Å². The van der Waals surface area contributed by atoms with Crippen molar-refractivity contribution in [1.29, 1.82) is 0 Å². The van der Waals surface area contributed by atoms with Crippen LogP contribution in [-0.2, 0) is 6.54 Å². The van der Waals surface area contributed by atoms with Crippen LogP contribution in [0.4, 0.5) is 17.2 Å². The number of nitrogens with one attached hydrogen (secondary N) is 1. The van der Waals surface area contributed by atoms with E-state index in [2.05, 4.69) is 15.3 Å². The molecule has 0 unspecified atom stereocenters. The van der Waals surface area contributed by atoms with E-state index < -0.39 is 4.92 Å². The lowest BCUT2D eigenvalue weighted by Crippen LogP contribution is -2.07. The molecule has 132 valence electrons. The largest absolute Gasteiger partial charge is 0.383 e. The number of aryl methyl sites for hydroxylation is 1. The van der Waals surface area contributed by atoms with E-state index in [0.717, 1.165) is 21.0 Å². The molecule has 1 heterocycles. The minimum atomic E-state index is -0.405. The second-order valence-corrected chi connectivity index (χ2v) is 6.65. The van der Waals surface area contributed by atoms with E-state index in [1.807, 2.05) is 24.3 Å². The summed E-state index contributed by atoms with van der Waals surface area (Å²) in [6.45, 7) is 2.30. The number of hydrogen-bond acceptors (Lipinski definition) is 7. The maximum Gasteiger partial charge on any atom is 0.269 e. The summed E-state index contributed by atoms with van der Waals surface area (Å²) in [5.41, 5.74) is 7.78. The normalized spacial score (nSPS) is 10.5. The van der Waals surface area contributed by atoms with Gasteiger partial charge in [-0.2, -0.15) is 0 Å². The summed E-state index contributed by atoms with van der Waals surface area (Å²) in [7, 11) is 0. The van der Waals surface area contributed by atoms with Crippen LogP contribution in [-0.4, -0.2) is 14.9 Å². The third kappa shape index (κ3) is 4.28. The smallest absolute Gasteiger partial charge is 0.269 e. The van der Waals surface area contributed by atoms with Gasteiger partial charge in [0.05, 0.1) is 4.92 Å². The van der Waals surface area contributed by atoms with Crippen LogP contribution in [0.1, 0.15) is 11.4 Å². The average Bonchev–Trinajstić information content (AvgIpc) is 2.62. The molecule has 0 fully saturated rings. The van der Waals surface area contributed by atoms with Gasteiger partial charge < -0.3 is 11.1 Å². The number of nitrogens with zero attached hydrogens (tertiary/aromatic N) is 3. The Labute approximate surface area is 154 Å².